The van der Waals surface area contributed by atoms with Crippen LogP contribution in [0.15, 0.2) is 24.3 Å². The van der Waals surface area contributed by atoms with Gasteiger partial charge in [0, 0.05) is 37.6 Å². The quantitative estimate of drug-likeness (QED) is 0.757. The summed E-state index contributed by atoms with van der Waals surface area (Å²) in [4.78, 5) is 50.9. The number of esters is 1. The molecule has 2 fully saturated rings. The van der Waals surface area contributed by atoms with Crippen LogP contribution >= 0.6 is 11.6 Å². The van der Waals surface area contributed by atoms with Gasteiger partial charge >= 0.3 is 12.0 Å². The van der Waals surface area contributed by atoms with Crippen LogP contribution in [0.1, 0.15) is 18.9 Å². The SMILES string of the molecule is C[C@@H](OC(=O)[C@@H]1CC(=O)N(Cc2ccccc2Cl)C1)C(=O)N1CCNC1=O. The monoisotopic (exact) mass is 393 g/mol. The Morgan fingerprint density at radius 2 is 2.07 bits per heavy atom. The van der Waals surface area contributed by atoms with E-state index >= 15 is 0 Å². The highest BCUT2D eigenvalue weighted by Gasteiger charge is 2.38. The summed E-state index contributed by atoms with van der Waals surface area (Å²) in [7, 11) is 0. The second-order valence-electron chi connectivity index (χ2n) is 6.57. The Morgan fingerprint density at radius 1 is 1.33 bits per heavy atom. The van der Waals surface area contributed by atoms with Crippen molar-refractivity contribution in [2.24, 2.45) is 5.92 Å². The van der Waals surface area contributed by atoms with Crippen LogP contribution in [0.3, 0.4) is 0 Å². The molecule has 1 aromatic rings. The fraction of sp³-hybridized carbons (Fsp3) is 0.444. The minimum atomic E-state index is -1.09. The number of amides is 4. The van der Waals surface area contributed by atoms with Crippen molar-refractivity contribution in [3.8, 4) is 0 Å². The average molecular weight is 394 g/mol. The zero-order chi connectivity index (χ0) is 19.6. The minimum absolute atomic E-state index is 0.0222. The first kappa shape index (κ1) is 19.2. The number of rotatable bonds is 5. The minimum Gasteiger partial charge on any atom is -0.452 e. The van der Waals surface area contributed by atoms with Crippen LogP contribution in [0.2, 0.25) is 5.02 Å². The topological polar surface area (TPSA) is 96.0 Å². The molecular formula is C18H20ClN3O5. The molecule has 2 atom stereocenters. The van der Waals surface area contributed by atoms with Crippen molar-refractivity contribution < 1.29 is 23.9 Å². The Hall–Kier alpha value is -2.61. The lowest BCUT2D eigenvalue weighted by Gasteiger charge is -2.20. The number of ether oxygens (including phenoxy) is 1. The molecule has 8 nitrogen and oxygen atoms in total. The standard InChI is InChI=1S/C18H20ClN3O5/c1-11(16(24)22-7-6-20-18(22)26)27-17(25)13-8-15(23)21(10-13)9-12-4-2-3-5-14(12)19/h2-5,11,13H,6-10H2,1H3,(H,20,26)/t11-,13-/m1/s1. The summed E-state index contributed by atoms with van der Waals surface area (Å²) >= 11 is 6.12. The summed E-state index contributed by atoms with van der Waals surface area (Å²) in [5, 5.41) is 3.07. The summed E-state index contributed by atoms with van der Waals surface area (Å²) in [6, 6.07) is 6.70. The van der Waals surface area contributed by atoms with Crippen molar-refractivity contribution in [3.05, 3.63) is 34.9 Å². The summed E-state index contributed by atoms with van der Waals surface area (Å²) in [5.41, 5.74) is 0.796. The van der Waals surface area contributed by atoms with Gasteiger partial charge < -0.3 is 15.0 Å². The molecule has 1 aromatic carbocycles. The van der Waals surface area contributed by atoms with Crippen LogP contribution in [-0.4, -0.2) is 59.4 Å². The van der Waals surface area contributed by atoms with Crippen LogP contribution in [0, 0.1) is 5.92 Å². The maximum atomic E-state index is 12.4. The molecule has 0 spiro atoms. The summed E-state index contributed by atoms with van der Waals surface area (Å²) in [5.74, 6) is -2.02. The molecule has 144 valence electrons. The van der Waals surface area contributed by atoms with E-state index in [0.717, 1.165) is 10.5 Å². The zero-order valence-electron chi connectivity index (χ0n) is 14.8. The summed E-state index contributed by atoms with van der Waals surface area (Å²) < 4.78 is 5.21. The van der Waals surface area contributed by atoms with Gasteiger partial charge in [0.15, 0.2) is 6.10 Å². The van der Waals surface area contributed by atoms with Crippen LogP contribution in [0.25, 0.3) is 0 Å². The van der Waals surface area contributed by atoms with Crippen LogP contribution in [0.5, 0.6) is 0 Å². The van der Waals surface area contributed by atoms with Gasteiger partial charge in [-0.3, -0.25) is 19.3 Å². The van der Waals surface area contributed by atoms with E-state index in [2.05, 4.69) is 5.32 Å². The Bertz CT molecular complexity index is 784. The number of imide groups is 1. The van der Waals surface area contributed by atoms with E-state index in [1.54, 1.807) is 17.0 Å². The van der Waals surface area contributed by atoms with Crippen LogP contribution in [-0.2, 0) is 25.7 Å². The second kappa shape index (κ2) is 7.96. The maximum absolute atomic E-state index is 12.4. The molecule has 2 aliphatic heterocycles. The molecule has 2 aliphatic rings. The third-order valence-corrected chi connectivity index (χ3v) is 5.00. The van der Waals surface area contributed by atoms with Crippen molar-refractivity contribution in [2.45, 2.75) is 26.0 Å². The largest absolute Gasteiger partial charge is 0.452 e. The second-order valence-corrected chi connectivity index (χ2v) is 6.97. The molecule has 0 saturated carbocycles. The maximum Gasteiger partial charge on any atom is 0.324 e. The Kier molecular flexibility index (Phi) is 5.65. The molecule has 3 rings (SSSR count). The van der Waals surface area contributed by atoms with E-state index in [9.17, 15) is 19.2 Å². The molecule has 2 heterocycles. The predicted octanol–water partition coefficient (Wildman–Crippen LogP) is 1.17. The molecule has 4 amide bonds. The van der Waals surface area contributed by atoms with E-state index in [1.165, 1.54) is 6.92 Å². The fourth-order valence-electron chi connectivity index (χ4n) is 3.14. The lowest BCUT2D eigenvalue weighted by Crippen LogP contribution is -2.42. The molecule has 0 bridgehead atoms. The number of urea groups is 1. The Labute approximate surface area is 161 Å². The normalized spacial score (nSPS) is 20.6. The molecule has 0 unspecified atom stereocenters. The fourth-order valence-corrected chi connectivity index (χ4v) is 3.33. The lowest BCUT2D eigenvalue weighted by molar-refractivity contribution is -0.160. The van der Waals surface area contributed by atoms with Gasteiger partial charge in [-0.15, -0.1) is 0 Å². The molecule has 2 saturated heterocycles. The predicted molar refractivity (Wildman–Crippen MR) is 95.6 cm³/mol. The van der Waals surface area contributed by atoms with Gasteiger partial charge in [-0.2, -0.15) is 0 Å². The van der Waals surface area contributed by atoms with Crippen LogP contribution < -0.4 is 5.32 Å². The van der Waals surface area contributed by atoms with Gasteiger partial charge in [-0.25, -0.2) is 4.79 Å². The first-order valence-corrected chi connectivity index (χ1v) is 9.05. The Balaban J connectivity index is 1.56. The first-order valence-electron chi connectivity index (χ1n) is 8.67. The first-order chi connectivity index (χ1) is 12.9. The number of likely N-dealkylation sites (tertiary alicyclic amines) is 1. The van der Waals surface area contributed by atoms with E-state index in [1.807, 2.05) is 12.1 Å². The van der Waals surface area contributed by atoms with Gasteiger partial charge in [0.05, 0.1) is 5.92 Å². The number of benzene rings is 1. The van der Waals surface area contributed by atoms with E-state index in [4.69, 9.17) is 16.3 Å². The van der Waals surface area contributed by atoms with Gasteiger partial charge in [-0.1, -0.05) is 29.8 Å². The van der Waals surface area contributed by atoms with Crippen molar-refractivity contribution in [3.63, 3.8) is 0 Å². The highest BCUT2D eigenvalue weighted by Crippen LogP contribution is 2.24. The molecule has 1 N–H and O–H groups in total. The Morgan fingerprint density at radius 3 is 2.74 bits per heavy atom. The molecule has 0 aliphatic carbocycles. The highest BCUT2D eigenvalue weighted by molar-refractivity contribution is 6.31. The van der Waals surface area contributed by atoms with E-state index < -0.39 is 29.9 Å². The number of carbonyl (C=O) groups excluding carboxylic acids is 4. The number of nitrogens with one attached hydrogen (secondary N) is 1. The van der Waals surface area contributed by atoms with Gasteiger partial charge in [0.2, 0.25) is 5.91 Å². The van der Waals surface area contributed by atoms with Crippen LogP contribution in [0.4, 0.5) is 4.79 Å². The third kappa shape index (κ3) is 4.21. The molecular weight excluding hydrogens is 374 g/mol. The van der Waals surface area contributed by atoms with Crippen molar-refractivity contribution in [1.29, 1.82) is 0 Å². The van der Waals surface area contributed by atoms with Crippen molar-refractivity contribution in [1.82, 2.24) is 15.1 Å². The third-order valence-electron chi connectivity index (χ3n) is 4.63. The zero-order valence-corrected chi connectivity index (χ0v) is 15.6. The number of hydrogen-bond donors (Lipinski definition) is 1. The highest BCUT2D eigenvalue weighted by atomic mass is 35.5. The average Bonchev–Trinajstić information content (AvgIpc) is 3.22. The molecule has 27 heavy (non-hydrogen) atoms. The number of nitrogens with zero attached hydrogens (tertiary/aromatic N) is 2. The molecule has 9 heteroatoms. The molecule has 0 aromatic heterocycles. The summed E-state index contributed by atoms with van der Waals surface area (Å²) in [6.45, 7) is 2.55. The van der Waals surface area contributed by atoms with Gasteiger partial charge in [0.1, 0.15) is 0 Å². The van der Waals surface area contributed by atoms with Crippen molar-refractivity contribution in [2.75, 3.05) is 19.6 Å². The molecule has 0 radical (unpaired) electrons. The number of hydrogen-bond acceptors (Lipinski definition) is 5. The van der Waals surface area contributed by atoms with E-state index in [-0.39, 0.29) is 25.4 Å². The number of halogens is 1. The number of carbonyl (C=O) groups is 4. The van der Waals surface area contributed by atoms with Crippen molar-refractivity contribution >= 4 is 35.4 Å². The lowest BCUT2D eigenvalue weighted by atomic mass is 10.1. The van der Waals surface area contributed by atoms with Gasteiger partial charge in [0.25, 0.3) is 5.91 Å². The van der Waals surface area contributed by atoms with E-state index in [0.29, 0.717) is 18.1 Å². The summed E-state index contributed by atoms with van der Waals surface area (Å²) in [6.07, 6.45) is -1.07. The smallest absolute Gasteiger partial charge is 0.324 e. The van der Waals surface area contributed by atoms with Gasteiger partial charge in [-0.05, 0) is 18.6 Å².